The van der Waals surface area contributed by atoms with Gasteiger partial charge in [0.1, 0.15) is 17.0 Å². The summed E-state index contributed by atoms with van der Waals surface area (Å²) in [5, 5.41) is 25.3. The van der Waals surface area contributed by atoms with E-state index in [9.17, 15) is 14.9 Å². The van der Waals surface area contributed by atoms with Gasteiger partial charge in [0.05, 0.1) is 12.0 Å². The quantitative estimate of drug-likeness (QED) is 0.541. The van der Waals surface area contributed by atoms with Gasteiger partial charge in [0.25, 0.3) is 11.6 Å². The van der Waals surface area contributed by atoms with Crippen molar-refractivity contribution in [1.29, 1.82) is 0 Å². The summed E-state index contributed by atoms with van der Waals surface area (Å²) in [5.41, 5.74) is 1.11. The number of aromatic nitrogens is 4. The van der Waals surface area contributed by atoms with Gasteiger partial charge in [0.2, 0.25) is 0 Å². The van der Waals surface area contributed by atoms with E-state index in [1.54, 1.807) is 44.2 Å². The summed E-state index contributed by atoms with van der Waals surface area (Å²) in [7, 11) is 1.51. The van der Waals surface area contributed by atoms with Gasteiger partial charge in [-0.05, 0) is 48.5 Å². The molecule has 10 nitrogen and oxygen atoms in total. The first kappa shape index (κ1) is 18.0. The minimum Gasteiger partial charge on any atom is -0.494 e. The van der Waals surface area contributed by atoms with E-state index in [1.165, 1.54) is 17.9 Å². The number of amides is 1. The normalized spacial score (nSPS) is 10.5. The molecule has 0 spiro atoms. The molecule has 0 radical (unpaired) electrons. The van der Waals surface area contributed by atoms with Crippen LogP contribution in [0.1, 0.15) is 21.7 Å². The first-order valence-corrected chi connectivity index (χ1v) is 7.91. The Bertz CT molecular complexity index is 1030. The van der Waals surface area contributed by atoms with E-state index in [4.69, 9.17) is 4.74 Å². The van der Waals surface area contributed by atoms with Crippen molar-refractivity contribution in [1.82, 2.24) is 20.2 Å². The topological polar surface area (TPSA) is 125 Å². The van der Waals surface area contributed by atoms with E-state index < -0.39 is 10.8 Å². The van der Waals surface area contributed by atoms with Gasteiger partial charge in [-0.15, -0.1) is 5.10 Å². The molecule has 0 saturated heterocycles. The van der Waals surface area contributed by atoms with Crippen molar-refractivity contribution in [3.05, 3.63) is 63.5 Å². The third-order valence-electron chi connectivity index (χ3n) is 3.96. The molecular weight excluding hydrogens is 352 g/mol. The number of nitrogens with zero attached hydrogens (tertiary/aromatic N) is 5. The van der Waals surface area contributed by atoms with Crippen LogP contribution in [0, 0.1) is 24.0 Å². The maximum atomic E-state index is 12.6. The molecule has 1 amide bonds. The molecule has 0 aliphatic rings. The molecule has 2 aromatic carbocycles. The minimum atomic E-state index is -0.588. The molecule has 1 aromatic heterocycles. The number of methoxy groups -OCH3 is 1. The highest BCUT2D eigenvalue weighted by molar-refractivity contribution is 6.07. The van der Waals surface area contributed by atoms with Crippen LogP contribution in [-0.4, -0.2) is 38.1 Å². The summed E-state index contributed by atoms with van der Waals surface area (Å²) in [5.74, 6) is 0.450. The molecule has 0 fully saturated rings. The molecule has 3 rings (SSSR count). The molecule has 0 saturated carbocycles. The number of carbonyl (C=O) groups is 1. The van der Waals surface area contributed by atoms with Crippen LogP contribution < -0.4 is 10.1 Å². The number of aryl methyl sites for hydroxylation is 2. The molecule has 1 heterocycles. The van der Waals surface area contributed by atoms with E-state index in [-0.39, 0.29) is 11.3 Å². The van der Waals surface area contributed by atoms with Gasteiger partial charge in [-0.25, -0.2) is 0 Å². The Hall–Kier alpha value is -3.82. The fourth-order valence-corrected chi connectivity index (χ4v) is 2.67. The van der Waals surface area contributed by atoms with Crippen LogP contribution >= 0.6 is 0 Å². The van der Waals surface area contributed by atoms with Crippen LogP contribution in [-0.2, 0) is 0 Å². The molecule has 0 bridgehead atoms. The number of para-hydroxylation sites is 1. The van der Waals surface area contributed by atoms with Gasteiger partial charge in [-0.1, -0.05) is 12.1 Å². The van der Waals surface area contributed by atoms with Gasteiger partial charge in [-0.2, -0.15) is 4.68 Å². The fraction of sp³-hybridized carbons (Fsp3) is 0.176. The van der Waals surface area contributed by atoms with Gasteiger partial charge < -0.3 is 10.1 Å². The summed E-state index contributed by atoms with van der Waals surface area (Å²) >= 11 is 0. The van der Waals surface area contributed by atoms with Crippen molar-refractivity contribution in [2.45, 2.75) is 13.8 Å². The van der Waals surface area contributed by atoms with Crippen LogP contribution in [0.25, 0.3) is 5.69 Å². The number of hydrogen-bond donors (Lipinski definition) is 1. The Kier molecular flexibility index (Phi) is 4.79. The highest BCUT2D eigenvalue weighted by Gasteiger charge is 2.23. The number of rotatable bonds is 5. The number of carbonyl (C=O) groups excluding carboxylic acids is 1. The second-order valence-corrected chi connectivity index (χ2v) is 5.71. The van der Waals surface area contributed by atoms with Crippen molar-refractivity contribution in [3.8, 4) is 11.4 Å². The van der Waals surface area contributed by atoms with Crippen molar-refractivity contribution in [3.63, 3.8) is 0 Å². The molecule has 0 aliphatic carbocycles. The van der Waals surface area contributed by atoms with E-state index in [0.717, 1.165) is 0 Å². The Morgan fingerprint density at radius 2 is 2.04 bits per heavy atom. The lowest BCUT2D eigenvalue weighted by Crippen LogP contribution is -2.15. The Morgan fingerprint density at radius 3 is 2.67 bits per heavy atom. The molecule has 138 valence electrons. The first-order chi connectivity index (χ1) is 12.9. The van der Waals surface area contributed by atoms with Crippen molar-refractivity contribution >= 4 is 17.3 Å². The zero-order valence-electron chi connectivity index (χ0n) is 14.8. The average Bonchev–Trinajstić information content (AvgIpc) is 3.06. The highest BCUT2D eigenvalue weighted by Crippen LogP contribution is 2.28. The average molecular weight is 368 g/mol. The molecule has 10 heteroatoms. The summed E-state index contributed by atoms with van der Waals surface area (Å²) in [6.07, 6.45) is 0. The van der Waals surface area contributed by atoms with Gasteiger partial charge in [-0.3, -0.25) is 14.9 Å². The molecule has 27 heavy (non-hydrogen) atoms. The van der Waals surface area contributed by atoms with Crippen LogP contribution in [0.15, 0.2) is 36.4 Å². The van der Waals surface area contributed by atoms with E-state index >= 15 is 0 Å². The van der Waals surface area contributed by atoms with E-state index in [0.29, 0.717) is 28.5 Å². The summed E-state index contributed by atoms with van der Waals surface area (Å²) in [4.78, 5) is 23.4. The third-order valence-corrected chi connectivity index (χ3v) is 3.96. The Balaban J connectivity index is 1.98. The molecule has 3 aromatic rings. The number of nitrogens with one attached hydrogen (secondary N) is 1. The zero-order valence-corrected chi connectivity index (χ0v) is 14.8. The second kappa shape index (κ2) is 7.20. The zero-order chi connectivity index (χ0) is 19.6. The number of anilines is 1. The summed E-state index contributed by atoms with van der Waals surface area (Å²) in [6.45, 7) is 3.31. The molecule has 1 N–H and O–H groups in total. The minimum absolute atomic E-state index is 0.0176. The predicted molar refractivity (Wildman–Crippen MR) is 96.2 cm³/mol. The SMILES string of the molecule is COc1ccc(NC(=O)c2cccc(C)c2[N+](=O)[O-])cc1-n1nnnc1C. The van der Waals surface area contributed by atoms with Gasteiger partial charge >= 0.3 is 0 Å². The Morgan fingerprint density at radius 1 is 1.26 bits per heavy atom. The number of ether oxygens (including phenoxy) is 1. The monoisotopic (exact) mass is 368 g/mol. The van der Waals surface area contributed by atoms with Crippen LogP contribution in [0.3, 0.4) is 0 Å². The number of tetrazole rings is 1. The van der Waals surface area contributed by atoms with Crippen molar-refractivity contribution in [2.24, 2.45) is 0 Å². The largest absolute Gasteiger partial charge is 0.494 e. The lowest BCUT2D eigenvalue weighted by atomic mass is 10.1. The van der Waals surface area contributed by atoms with Crippen molar-refractivity contribution < 1.29 is 14.5 Å². The fourth-order valence-electron chi connectivity index (χ4n) is 2.67. The van der Waals surface area contributed by atoms with Crippen LogP contribution in [0.5, 0.6) is 5.75 Å². The van der Waals surface area contributed by atoms with Gasteiger partial charge in [0.15, 0.2) is 5.82 Å². The highest BCUT2D eigenvalue weighted by atomic mass is 16.6. The lowest BCUT2D eigenvalue weighted by molar-refractivity contribution is -0.385. The maximum Gasteiger partial charge on any atom is 0.285 e. The smallest absolute Gasteiger partial charge is 0.285 e. The summed E-state index contributed by atoms with van der Waals surface area (Å²) < 4.78 is 6.78. The maximum absolute atomic E-state index is 12.6. The first-order valence-electron chi connectivity index (χ1n) is 7.91. The van der Waals surface area contributed by atoms with Crippen LogP contribution in [0.2, 0.25) is 0 Å². The number of nitro groups is 1. The summed E-state index contributed by atoms with van der Waals surface area (Å²) in [6, 6.07) is 9.50. The van der Waals surface area contributed by atoms with E-state index in [2.05, 4.69) is 20.8 Å². The molecule has 0 aliphatic heterocycles. The lowest BCUT2D eigenvalue weighted by Gasteiger charge is -2.12. The number of nitro benzene ring substituents is 1. The molecule has 0 unspecified atom stereocenters. The Labute approximate surface area is 153 Å². The second-order valence-electron chi connectivity index (χ2n) is 5.71. The standard InChI is InChI=1S/C17H16N6O4/c1-10-5-4-6-13(16(10)23(25)26)17(24)18-12-7-8-15(27-3)14(9-12)22-11(2)19-20-21-22/h4-9H,1-3H3,(H,18,24). The third kappa shape index (κ3) is 3.45. The molecular formula is C17H16N6O4. The van der Waals surface area contributed by atoms with Crippen LogP contribution in [0.4, 0.5) is 11.4 Å². The van der Waals surface area contributed by atoms with E-state index in [1.807, 2.05) is 0 Å². The van der Waals surface area contributed by atoms with Gasteiger partial charge in [0, 0.05) is 11.3 Å². The number of benzene rings is 2. The predicted octanol–water partition coefficient (Wildman–Crippen LogP) is 2.45. The van der Waals surface area contributed by atoms with Crippen molar-refractivity contribution in [2.75, 3.05) is 12.4 Å². The number of hydrogen-bond acceptors (Lipinski definition) is 7. The molecule has 0 atom stereocenters.